The van der Waals surface area contributed by atoms with Crippen LogP contribution in [0, 0.1) is 6.92 Å². The number of anilines is 1. The lowest BCUT2D eigenvalue weighted by molar-refractivity contribution is -0.140. The number of aliphatic hydroxyl groups excluding tert-OH is 1. The molecular weight excluding hydrogens is 328 g/mol. The number of hydrogen-bond donors (Lipinski definition) is 1. The van der Waals surface area contributed by atoms with Gasteiger partial charge in [0.25, 0.3) is 0 Å². The fourth-order valence-electron chi connectivity index (χ4n) is 3.34. The predicted octanol–water partition coefficient (Wildman–Crippen LogP) is 2.16. The fourth-order valence-corrected chi connectivity index (χ4v) is 3.34. The van der Waals surface area contributed by atoms with Crippen molar-refractivity contribution in [3.8, 4) is 0 Å². The van der Waals surface area contributed by atoms with Crippen LogP contribution in [0.2, 0.25) is 0 Å². The second-order valence-corrected chi connectivity index (χ2v) is 6.68. The van der Waals surface area contributed by atoms with E-state index in [-0.39, 0.29) is 37.4 Å². The van der Waals surface area contributed by atoms with Gasteiger partial charge in [0.05, 0.1) is 12.6 Å². The average Bonchev–Trinajstić information content (AvgIpc) is 2.65. The van der Waals surface area contributed by atoms with Crippen LogP contribution < -0.4 is 4.90 Å². The number of carbonyl (C=O) groups is 2. The quantitative estimate of drug-likeness (QED) is 0.897. The molecule has 5 nitrogen and oxygen atoms in total. The van der Waals surface area contributed by atoms with Crippen LogP contribution in [0.1, 0.15) is 17.5 Å². The molecule has 26 heavy (non-hydrogen) atoms. The Balaban J connectivity index is 1.85. The molecule has 2 aromatic carbocycles. The molecule has 1 fully saturated rings. The first-order chi connectivity index (χ1) is 12.6. The smallest absolute Gasteiger partial charge is 0.246 e. The van der Waals surface area contributed by atoms with Crippen molar-refractivity contribution in [3.63, 3.8) is 0 Å². The van der Waals surface area contributed by atoms with E-state index >= 15 is 0 Å². The Bertz CT molecular complexity index is 759. The van der Waals surface area contributed by atoms with Gasteiger partial charge in [-0.3, -0.25) is 9.59 Å². The van der Waals surface area contributed by atoms with Gasteiger partial charge in [-0.2, -0.15) is 0 Å². The molecule has 0 radical (unpaired) electrons. The topological polar surface area (TPSA) is 60.9 Å². The summed E-state index contributed by atoms with van der Waals surface area (Å²) in [6.07, 6.45) is 0.719. The molecule has 2 aromatic rings. The number of benzene rings is 2. The van der Waals surface area contributed by atoms with E-state index in [9.17, 15) is 9.59 Å². The SMILES string of the molecule is Cc1ccc(N2C[C@@H](Cc3ccccc3)N(C(=O)CCO)CC2=O)cc1. The van der Waals surface area contributed by atoms with Gasteiger partial charge in [-0.05, 0) is 31.0 Å². The van der Waals surface area contributed by atoms with E-state index in [1.807, 2.05) is 61.5 Å². The summed E-state index contributed by atoms with van der Waals surface area (Å²) in [6, 6.07) is 17.7. The van der Waals surface area contributed by atoms with Crippen LogP contribution in [-0.2, 0) is 16.0 Å². The normalized spacial score (nSPS) is 17.5. The summed E-state index contributed by atoms with van der Waals surface area (Å²) in [5.74, 6) is -0.269. The number of carbonyl (C=O) groups excluding carboxylic acids is 2. The Morgan fingerprint density at radius 3 is 2.46 bits per heavy atom. The van der Waals surface area contributed by atoms with Crippen LogP contribution in [0.3, 0.4) is 0 Å². The van der Waals surface area contributed by atoms with Gasteiger partial charge in [0.15, 0.2) is 0 Å². The fraction of sp³-hybridized carbons (Fsp3) is 0.333. The zero-order valence-electron chi connectivity index (χ0n) is 15.0. The molecule has 5 heteroatoms. The van der Waals surface area contributed by atoms with Gasteiger partial charge in [0, 0.05) is 18.7 Å². The molecule has 0 bridgehead atoms. The summed E-state index contributed by atoms with van der Waals surface area (Å²) < 4.78 is 0. The largest absolute Gasteiger partial charge is 0.396 e. The lowest BCUT2D eigenvalue weighted by Gasteiger charge is -2.41. The molecule has 0 saturated carbocycles. The Labute approximate surface area is 153 Å². The maximum absolute atomic E-state index is 12.7. The first-order valence-electron chi connectivity index (χ1n) is 8.90. The van der Waals surface area contributed by atoms with Crippen LogP contribution in [0.15, 0.2) is 54.6 Å². The molecule has 3 rings (SSSR count). The van der Waals surface area contributed by atoms with E-state index in [0.29, 0.717) is 13.0 Å². The molecule has 0 aromatic heterocycles. The maximum Gasteiger partial charge on any atom is 0.246 e. The van der Waals surface area contributed by atoms with Crippen molar-refractivity contribution in [2.75, 3.05) is 24.6 Å². The average molecular weight is 352 g/mol. The van der Waals surface area contributed by atoms with Gasteiger partial charge < -0.3 is 14.9 Å². The van der Waals surface area contributed by atoms with Crippen molar-refractivity contribution >= 4 is 17.5 Å². The number of piperazine rings is 1. The van der Waals surface area contributed by atoms with Crippen LogP contribution in [0.25, 0.3) is 0 Å². The highest BCUT2D eigenvalue weighted by Crippen LogP contribution is 2.23. The van der Waals surface area contributed by atoms with E-state index < -0.39 is 0 Å². The summed E-state index contributed by atoms with van der Waals surface area (Å²) in [4.78, 5) is 28.5. The Morgan fingerprint density at radius 1 is 1.12 bits per heavy atom. The summed E-state index contributed by atoms with van der Waals surface area (Å²) >= 11 is 0. The number of amides is 2. The van der Waals surface area contributed by atoms with Gasteiger partial charge in [-0.1, -0.05) is 48.0 Å². The van der Waals surface area contributed by atoms with Crippen LogP contribution >= 0.6 is 0 Å². The van der Waals surface area contributed by atoms with Crippen LogP contribution in [0.4, 0.5) is 5.69 Å². The third kappa shape index (κ3) is 4.11. The van der Waals surface area contributed by atoms with E-state index in [1.54, 1.807) is 9.80 Å². The monoisotopic (exact) mass is 352 g/mol. The van der Waals surface area contributed by atoms with Crippen molar-refractivity contribution in [3.05, 3.63) is 65.7 Å². The summed E-state index contributed by atoms with van der Waals surface area (Å²) in [5, 5.41) is 9.12. The molecule has 0 spiro atoms. The van der Waals surface area contributed by atoms with Crippen molar-refractivity contribution in [2.24, 2.45) is 0 Å². The summed E-state index contributed by atoms with van der Waals surface area (Å²) in [6.45, 7) is 2.30. The number of aliphatic hydroxyl groups is 1. The highest BCUT2D eigenvalue weighted by molar-refractivity contribution is 5.98. The Hall–Kier alpha value is -2.66. The van der Waals surface area contributed by atoms with E-state index in [0.717, 1.165) is 16.8 Å². The zero-order valence-corrected chi connectivity index (χ0v) is 15.0. The van der Waals surface area contributed by atoms with Crippen LogP contribution in [0.5, 0.6) is 0 Å². The van der Waals surface area contributed by atoms with Gasteiger partial charge in [-0.25, -0.2) is 0 Å². The second-order valence-electron chi connectivity index (χ2n) is 6.68. The Morgan fingerprint density at radius 2 is 1.81 bits per heavy atom. The minimum atomic E-state index is -0.205. The molecule has 136 valence electrons. The molecule has 1 aliphatic heterocycles. The first kappa shape index (κ1) is 18.1. The molecule has 0 unspecified atom stereocenters. The van der Waals surface area contributed by atoms with Crippen molar-refractivity contribution < 1.29 is 14.7 Å². The standard InChI is InChI=1S/C21H24N2O3/c1-16-7-9-18(10-8-16)22-14-19(13-17-5-3-2-4-6-17)23(15-21(22)26)20(25)11-12-24/h2-10,19,24H,11-15H2,1H3/t19-/m1/s1. The van der Waals surface area contributed by atoms with Crippen molar-refractivity contribution in [1.29, 1.82) is 0 Å². The maximum atomic E-state index is 12.7. The predicted molar refractivity (Wildman–Crippen MR) is 101 cm³/mol. The third-order valence-electron chi connectivity index (χ3n) is 4.75. The van der Waals surface area contributed by atoms with Gasteiger partial charge in [0.2, 0.25) is 11.8 Å². The van der Waals surface area contributed by atoms with E-state index in [4.69, 9.17) is 5.11 Å². The Kier molecular flexibility index (Phi) is 5.68. The minimum absolute atomic E-state index is 0.0447. The van der Waals surface area contributed by atoms with Crippen molar-refractivity contribution in [2.45, 2.75) is 25.8 Å². The van der Waals surface area contributed by atoms with Gasteiger partial charge in [0.1, 0.15) is 6.54 Å². The molecule has 1 N–H and O–H groups in total. The highest BCUT2D eigenvalue weighted by Gasteiger charge is 2.35. The second kappa shape index (κ2) is 8.15. The summed E-state index contributed by atoms with van der Waals surface area (Å²) in [5.41, 5.74) is 3.12. The van der Waals surface area contributed by atoms with Gasteiger partial charge >= 0.3 is 0 Å². The van der Waals surface area contributed by atoms with E-state index in [1.165, 1.54) is 0 Å². The number of rotatable bonds is 5. The molecule has 1 saturated heterocycles. The number of aryl methyl sites for hydroxylation is 1. The molecule has 2 amide bonds. The number of nitrogens with zero attached hydrogens (tertiary/aromatic N) is 2. The molecule has 1 heterocycles. The molecular formula is C21H24N2O3. The molecule has 0 aliphatic carbocycles. The molecule has 1 aliphatic rings. The lowest BCUT2D eigenvalue weighted by atomic mass is 10.0. The minimum Gasteiger partial charge on any atom is -0.396 e. The molecule has 1 atom stereocenters. The summed E-state index contributed by atoms with van der Waals surface area (Å²) in [7, 11) is 0. The van der Waals surface area contributed by atoms with Gasteiger partial charge in [-0.15, -0.1) is 0 Å². The first-order valence-corrected chi connectivity index (χ1v) is 8.90. The number of hydrogen-bond acceptors (Lipinski definition) is 3. The van der Waals surface area contributed by atoms with Crippen molar-refractivity contribution in [1.82, 2.24) is 4.90 Å². The van der Waals surface area contributed by atoms with Crippen LogP contribution in [-0.4, -0.2) is 47.6 Å². The lowest BCUT2D eigenvalue weighted by Crippen LogP contribution is -2.59. The highest BCUT2D eigenvalue weighted by atomic mass is 16.3. The zero-order chi connectivity index (χ0) is 18.5. The third-order valence-corrected chi connectivity index (χ3v) is 4.75. The van der Waals surface area contributed by atoms with E-state index in [2.05, 4.69) is 0 Å².